The SMILES string of the molecule is COc1ccc(C=Nc2ccc([N+](=O)[O-])cc2)cc1O. The van der Waals surface area contributed by atoms with Crippen molar-refractivity contribution in [3.8, 4) is 11.5 Å². The highest BCUT2D eigenvalue weighted by atomic mass is 16.6. The Labute approximate surface area is 115 Å². The van der Waals surface area contributed by atoms with Gasteiger partial charge in [-0.15, -0.1) is 0 Å². The summed E-state index contributed by atoms with van der Waals surface area (Å²) in [4.78, 5) is 14.2. The number of phenolic OH excluding ortho intramolecular Hbond substituents is 1. The van der Waals surface area contributed by atoms with Crippen LogP contribution in [-0.4, -0.2) is 23.4 Å². The average Bonchev–Trinajstić information content (AvgIpc) is 2.45. The predicted octanol–water partition coefficient (Wildman–Crippen LogP) is 3.06. The van der Waals surface area contributed by atoms with Crippen LogP contribution in [0, 0.1) is 10.1 Å². The van der Waals surface area contributed by atoms with E-state index in [1.165, 1.54) is 25.3 Å². The van der Waals surface area contributed by atoms with Gasteiger partial charge in [0, 0.05) is 18.3 Å². The Bertz CT molecular complexity index is 651. The van der Waals surface area contributed by atoms with E-state index in [2.05, 4.69) is 4.99 Å². The van der Waals surface area contributed by atoms with Crippen molar-refractivity contribution in [2.24, 2.45) is 4.99 Å². The van der Waals surface area contributed by atoms with Crippen LogP contribution < -0.4 is 4.74 Å². The van der Waals surface area contributed by atoms with E-state index in [1.807, 2.05) is 0 Å². The van der Waals surface area contributed by atoms with Gasteiger partial charge in [0.15, 0.2) is 11.5 Å². The van der Waals surface area contributed by atoms with Crippen LogP contribution in [0.3, 0.4) is 0 Å². The smallest absolute Gasteiger partial charge is 0.269 e. The number of nitrogens with zero attached hydrogens (tertiary/aromatic N) is 2. The van der Waals surface area contributed by atoms with Crippen LogP contribution in [0.5, 0.6) is 11.5 Å². The molecule has 0 atom stereocenters. The number of rotatable bonds is 4. The molecule has 2 rings (SSSR count). The fourth-order valence-electron chi connectivity index (χ4n) is 1.60. The molecule has 0 aromatic heterocycles. The molecular weight excluding hydrogens is 260 g/mol. The van der Waals surface area contributed by atoms with Crippen molar-refractivity contribution in [3.05, 3.63) is 58.1 Å². The average molecular weight is 272 g/mol. The van der Waals surface area contributed by atoms with Crippen molar-refractivity contribution in [1.82, 2.24) is 0 Å². The van der Waals surface area contributed by atoms with Crippen molar-refractivity contribution < 1.29 is 14.8 Å². The first-order valence-corrected chi connectivity index (χ1v) is 5.75. The lowest BCUT2D eigenvalue weighted by molar-refractivity contribution is -0.384. The van der Waals surface area contributed by atoms with Gasteiger partial charge in [-0.05, 0) is 35.9 Å². The number of methoxy groups -OCH3 is 1. The summed E-state index contributed by atoms with van der Waals surface area (Å²) in [6, 6.07) is 10.8. The quantitative estimate of drug-likeness (QED) is 0.526. The molecule has 20 heavy (non-hydrogen) atoms. The van der Waals surface area contributed by atoms with Gasteiger partial charge >= 0.3 is 0 Å². The molecule has 0 unspecified atom stereocenters. The number of nitro benzene ring substituents is 1. The van der Waals surface area contributed by atoms with Gasteiger partial charge in [-0.25, -0.2) is 0 Å². The third-order valence-corrected chi connectivity index (χ3v) is 2.63. The number of benzene rings is 2. The van der Waals surface area contributed by atoms with E-state index in [1.54, 1.807) is 30.5 Å². The molecule has 102 valence electrons. The molecule has 0 aliphatic heterocycles. The lowest BCUT2D eigenvalue weighted by Gasteiger charge is -2.03. The maximum absolute atomic E-state index is 10.5. The zero-order valence-electron chi connectivity index (χ0n) is 10.7. The van der Waals surface area contributed by atoms with Crippen LogP contribution in [-0.2, 0) is 0 Å². The first-order valence-electron chi connectivity index (χ1n) is 5.75. The molecule has 0 saturated carbocycles. The highest BCUT2D eigenvalue weighted by molar-refractivity contribution is 5.83. The molecular formula is C14H12N2O4. The van der Waals surface area contributed by atoms with Gasteiger partial charge in [-0.1, -0.05) is 0 Å². The highest BCUT2D eigenvalue weighted by Crippen LogP contribution is 2.26. The zero-order chi connectivity index (χ0) is 14.5. The first-order chi connectivity index (χ1) is 9.60. The lowest BCUT2D eigenvalue weighted by atomic mass is 10.2. The summed E-state index contributed by atoms with van der Waals surface area (Å²) in [5, 5.41) is 20.1. The summed E-state index contributed by atoms with van der Waals surface area (Å²) >= 11 is 0. The predicted molar refractivity (Wildman–Crippen MR) is 75.0 cm³/mol. The monoisotopic (exact) mass is 272 g/mol. The van der Waals surface area contributed by atoms with Crippen molar-refractivity contribution in [1.29, 1.82) is 0 Å². The van der Waals surface area contributed by atoms with Gasteiger partial charge in [-0.3, -0.25) is 15.1 Å². The molecule has 0 amide bonds. The van der Waals surface area contributed by atoms with Crippen molar-refractivity contribution >= 4 is 17.6 Å². The lowest BCUT2D eigenvalue weighted by Crippen LogP contribution is -1.87. The molecule has 0 radical (unpaired) electrons. The molecule has 0 aliphatic carbocycles. The van der Waals surface area contributed by atoms with Gasteiger partial charge in [0.2, 0.25) is 0 Å². The molecule has 0 saturated heterocycles. The van der Waals surface area contributed by atoms with Crippen LogP contribution >= 0.6 is 0 Å². The molecule has 0 heterocycles. The normalized spacial score (nSPS) is 10.7. The second kappa shape index (κ2) is 5.83. The van der Waals surface area contributed by atoms with E-state index >= 15 is 0 Å². The molecule has 0 spiro atoms. The Morgan fingerprint density at radius 1 is 1.25 bits per heavy atom. The van der Waals surface area contributed by atoms with E-state index in [4.69, 9.17) is 4.74 Å². The Morgan fingerprint density at radius 3 is 2.50 bits per heavy atom. The van der Waals surface area contributed by atoms with Crippen LogP contribution in [0.2, 0.25) is 0 Å². The Morgan fingerprint density at radius 2 is 1.95 bits per heavy atom. The maximum atomic E-state index is 10.5. The van der Waals surface area contributed by atoms with E-state index < -0.39 is 4.92 Å². The number of aromatic hydroxyl groups is 1. The summed E-state index contributed by atoms with van der Waals surface area (Å²) < 4.78 is 4.94. The topological polar surface area (TPSA) is 85.0 Å². The van der Waals surface area contributed by atoms with E-state index in [-0.39, 0.29) is 11.4 Å². The Balaban J connectivity index is 2.16. The van der Waals surface area contributed by atoms with Gasteiger partial charge in [-0.2, -0.15) is 0 Å². The minimum absolute atomic E-state index is 0.0195. The molecule has 0 fully saturated rings. The number of phenols is 1. The number of hydrogen-bond acceptors (Lipinski definition) is 5. The summed E-state index contributed by atoms with van der Waals surface area (Å²) in [6.45, 7) is 0. The van der Waals surface area contributed by atoms with Crippen LogP contribution in [0.15, 0.2) is 47.5 Å². The summed E-state index contributed by atoms with van der Waals surface area (Å²) in [5.74, 6) is 0.414. The summed E-state index contributed by atoms with van der Waals surface area (Å²) in [7, 11) is 1.47. The highest BCUT2D eigenvalue weighted by Gasteiger charge is 2.03. The Kier molecular flexibility index (Phi) is 3.95. The standard InChI is InChI=1S/C14H12N2O4/c1-20-14-7-2-10(8-13(14)17)9-15-11-3-5-12(6-4-11)16(18)19/h2-9,17H,1H3. The molecule has 0 bridgehead atoms. The van der Waals surface area contributed by atoms with Crippen LogP contribution in [0.4, 0.5) is 11.4 Å². The molecule has 2 aromatic carbocycles. The zero-order valence-corrected chi connectivity index (χ0v) is 10.7. The number of aliphatic imine (C=N–C) groups is 1. The minimum atomic E-state index is -0.463. The summed E-state index contributed by atoms with van der Waals surface area (Å²) in [5.41, 5.74) is 1.30. The number of nitro groups is 1. The molecule has 6 nitrogen and oxygen atoms in total. The molecule has 6 heteroatoms. The molecule has 0 aliphatic rings. The third-order valence-electron chi connectivity index (χ3n) is 2.63. The van der Waals surface area contributed by atoms with Gasteiger partial charge in [0.1, 0.15) is 0 Å². The van der Waals surface area contributed by atoms with Crippen molar-refractivity contribution in [2.45, 2.75) is 0 Å². The van der Waals surface area contributed by atoms with E-state index in [0.29, 0.717) is 17.0 Å². The van der Waals surface area contributed by atoms with Gasteiger partial charge < -0.3 is 9.84 Å². The van der Waals surface area contributed by atoms with Crippen molar-refractivity contribution in [3.63, 3.8) is 0 Å². The molecule has 1 N–H and O–H groups in total. The largest absolute Gasteiger partial charge is 0.504 e. The maximum Gasteiger partial charge on any atom is 0.269 e. The first kappa shape index (κ1) is 13.5. The summed E-state index contributed by atoms with van der Waals surface area (Å²) in [6.07, 6.45) is 1.56. The number of ether oxygens (including phenoxy) is 1. The Hall–Kier alpha value is -2.89. The third kappa shape index (κ3) is 3.11. The van der Waals surface area contributed by atoms with E-state index in [9.17, 15) is 15.2 Å². The van der Waals surface area contributed by atoms with Gasteiger partial charge in [0.05, 0.1) is 17.7 Å². The number of hydrogen-bond donors (Lipinski definition) is 1. The second-order valence-electron chi connectivity index (χ2n) is 3.96. The van der Waals surface area contributed by atoms with E-state index in [0.717, 1.165) is 0 Å². The number of non-ortho nitro benzene ring substituents is 1. The molecule has 2 aromatic rings. The fourth-order valence-corrected chi connectivity index (χ4v) is 1.60. The minimum Gasteiger partial charge on any atom is -0.504 e. The fraction of sp³-hybridized carbons (Fsp3) is 0.0714. The van der Waals surface area contributed by atoms with Crippen LogP contribution in [0.1, 0.15) is 5.56 Å². The van der Waals surface area contributed by atoms with Crippen molar-refractivity contribution in [2.75, 3.05) is 7.11 Å². The second-order valence-corrected chi connectivity index (χ2v) is 3.96. The van der Waals surface area contributed by atoms with Crippen LogP contribution in [0.25, 0.3) is 0 Å². The van der Waals surface area contributed by atoms with Gasteiger partial charge in [0.25, 0.3) is 5.69 Å².